The summed E-state index contributed by atoms with van der Waals surface area (Å²) in [4.78, 5) is 0. The molecule has 1 heteroatoms. The fourth-order valence-corrected chi connectivity index (χ4v) is 7.39. The summed E-state index contributed by atoms with van der Waals surface area (Å²) in [5, 5.41) is 9.95. The normalized spacial score (nSPS) is 37.6. The van der Waals surface area contributed by atoms with Gasteiger partial charge in [-0.1, -0.05) is 78.1 Å². The predicted molar refractivity (Wildman–Crippen MR) is 125 cm³/mol. The van der Waals surface area contributed by atoms with Gasteiger partial charge in [0.1, 0.15) is 0 Å². The van der Waals surface area contributed by atoms with Gasteiger partial charge in [0.05, 0.1) is 11.5 Å². The van der Waals surface area contributed by atoms with Crippen LogP contribution in [-0.4, -0.2) is 0 Å². The molecule has 3 saturated carbocycles. The first kappa shape index (κ1) is 23.2. The fourth-order valence-electron chi connectivity index (χ4n) is 7.39. The summed E-state index contributed by atoms with van der Waals surface area (Å²) in [5.74, 6) is 4.93. The van der Waals surface area contributed by atoms with Crippen LogP contribution in [0.25, 0.3) is 0 Å². The van der Waals surface area contributed by atoms with Crippen LogP contribution in [0.1, 0.15) is 136 Å². The van der Waals surface area contributed by atoms with Gasteiger partial charge in [-0.05, 0) is 87.4 Å². The molecule has 0 saturated heterocycles. The highest BCUT2D eigenvalue weighted by Crippen LogP contribution is 2.53. The molecule has 0 radical (unpaired) electrons. The monoisotopic (exact) mass is 399 g/mol. The first-order valence-corrected chi connectivity index (χ1v) is 13.6. The Morgan fingerprint density at radius 2 is 1.38 bits per heavy atom. The number of hydrogen-bond acceptors (Lipinski definition) is 1. The zero-order valence-corrected chi connectivity index (χ0v) is 19.8. The highest BCUT2D eigenvalue weighted by atomic mass is 14.5. The van der Waals surface area contributed by atoms with Crippen molar-refractivity contribution in [2.75, 3.05) is 0 Å². The standard InChI is InChI=1S/C28H49N/c1-3-5-7-8-10-23-11-13-24(14-12-23)25-15-16-27-21-28(22-29,18-9-6-4-2)19-17-26(27)20-25/h23-27H,3-21H2,1-2H3. The molecule has 3 fully saturated rings. The van der Waals surface area contributed by atoms with E-state index >= 15 is 0 Å². The lowest BCUT2D eigenvalue weighted by Gasteiger charge is -2.47. The second-order valence-electron chi connectivity index (χ2n) is 11.3. The molecule has 0 N–H and O–H groups in total. The predicted octanol–water partition coefficient (Wildman–Crippen LogP) is 9.07. The van der Waals surface area contributed by atoms with E-state index in [1.807, 2.05) is 0 Å². The Kier molecular flexibility index (Phi) is 9.40. The summed E-state index contributed by atoms with van der Waals surface area (Å²) in [7, 11) is 0. The summed E-state index contributed by atoms with van der Waals surface area (Å²) in [6.45, 7) is 4.59. The molecule has 29 heavy (non-hydrogen) atoms. The van der Waals surface area contributed by atoms with Gasteiger partial charge in [0.2, 0.25) is 0 Å². The van der Waals surface area contributed by atoms with E-state index in [4.69, 9.17) is 0 Å². The molecule has 0 heterocycles. The average molecular weight is 400 g/mol. The molecule has 3 aliphatic rings. The van der Waals surface area contributed by atoms with Gasteiger partial charge in [-0.2, -0.15) is 5.26 Å². The first-order valence-electron chi connectivity index (χ1n) is 13.6. The molecule has 0 aromatic carbocycles. The molecule has 0 amide bonds. The van der Waals surface area contributed by atoms with E-state index in [1.165, 1.54) is 122 Å². The van der Waals surface area contributed by atoms with Crippen LogP contribution in [0.15, 0.2) is 0 Å². The second-order valence-corrected chi connectivity index (χ2v) is 11.3. The van der Waals surface area contributed by atoms with Crippen LogP contribution in [0.5, 0.6) is 0 Å². The minimum absolute atomic E-state index is 0.0407. The maximum absolute atomic E-state index is 9.95. The molecule has 0 bridgehead atoms. The van der Waals surface area contributed by atoms with Gasteiger partial charge < -0.3 is 0 Å². The summed E-state index contributed by atoms with van der Waals surface area (Å²) >= 11 is 0. The summed E-state index contributed by atoms with van der Waals surface area (Å²) in [5.41, 5.74) is 0.0407. The third-order valence-corrected chi connectivity index (χ3v) is 9.35. The van der Waals surface area contributed by atoms with Crippen LogP contribution in [0, 0.1) is 46.3 Å². The van der Waals surface area contributed by atoms with Crippen molar-refractivity contribution in [1.82, 2.24) is 0 Å². The molecule has 0 aromatic rings. The van der Waals surface area contributed by atoms with Gasteiger partial charge in [-0.3, -0.25) is 0 Å². The van der Waals surface area contributed by atoms with Crippen molar-refractivity contribution in [2.24, 2.45) is 35.0 Å². The third-order valence-electron chi connectivity index (χ3n) is 9.35. The highest BCUT2D eigenvalue weighted by Gasteiger charge is 2.44. The minimum Gasteiger partial charge on any atom is -0.198 e. The zero-order valence-electron chi connectivity index (χ0n) is 19.8. The molecule has 3 aliphatic carbocycles. The van der Waals surface area contributed by atoms with Gasteiger partial charge in [-0.25, -0.2) is 0 Å². The second kappa shape index (κ2) is 11.8. The van der Waals surface area contributed by atoms with Crippen molar-refractivity contribution in [2.45, 2.75) is 136 Å². The maximum Gasteiger partial charge on any atom is 0.0689 e. The van der Waals surface area contributed by atoms with E-state index in [2.05, 4.69) is 19.9 Å². The van der Waals surface area contributed by atoms with Crippen molar-refractivity contribution in [1.29, 1.82) is 5.26 Å². The Labute approximate surface area is 182 Å². The lowest BCUT2D eigenvalue weighted by atomic mass is 9.57. The van der Waals surface area contributed by atoms with Gasteiger partial charge >= 0.3 is 0 Å². The lowest BCUT2D eigenvalue weighted by Crippen LogP contribution is -2.38. The Morgan fingerprint density at radius 1 is 0.724 bits per heavy atom. The van der Waals surface area contributed by atoms with Crippen molar-refractivity contribution < 1.29 is 0 Å². The van der Waals surface area contributed by atoms with Crippen LogP contribution < -0.4 is 0 Å². The highest BCUT2D eigenvalue weighted by molar-refractivity contribution is 5.04. The number of hydrogen-bond donors (Lipinski definition) is 0. The number of rotatable bonds is 10. The molecule has 0 aromatic heterocycles. The number of unbranched alkanes of at least 4 members (excludes halogenated alkanes) is 5. The first-order chi connectivity index (χ1) is 14.2. The van der Waals surface area contributed by atoms with Crippen molar-refractivity contribution in [3.63, 3.8) is 0 Å². The van der Waals surface area contributed by atoms with Crippen LogP contribution in [-0.2, 0) is 0 Å². The van der Waals surface area contributed by atoms with E-state index in [1.54, 1.807) is 0 Å². The van der Waals surface area contributed by atoms with Gasteiger partial charge in [0.15, 0.2) is 0 Å². The topological polar surface area (TPSA) is 23.8 Å². The molecular formula is C28H49N. The van der Waals surface area contributed by atoms with Crippen molar-refractivity contribution in [3.05, 3.63) is 0 Å². The average Bonchev–Trinajstić information content (AvgIpc) is 2.77. The molecule has 0 spiro atoms. The Balaban J connectivity index is 1.41. The Bertz CT molecular complexity index is 497. The van der Waals surface area contributed by atoms with Crippen LogP contribution >= 0.6 is 0 Å². The molecule has 1 nitrogen and oxygen atoms in total. The van der Waals surface area contributed by atoms with Crippen molar-refractivity contribution >= 4 is 0 Å². The summed E-state index contributed by atoms with van der Waals surface area (Å²) in [6, 6.07) is 2.81. The fraction of sp³-hybridized carbons (Fsp3) is 0.964. The van der Waals surface area contributed by atoms with Gasteiger partial charge in [0, 0.05) is 0 Å². The number of nitrogens with zero attached hydrogens (tertiary/aromatic N) is 1. The van der Waals surface area contributed by atoms with E-state index in [0.29, 0.717) is 0 Å². The minimum atomic E-state index is 0.0407. The third kappa shape index (κ3) is 6.48. The van der Waals surface area contributed by atoms with E-state index in [0.717, 1.165) is 29.6 Å². The number of nitriles is 1. The van der Waals surface area contributed by atoms with Gasteiger partial charge in [-0.15, -0.1) is 0 Å². The Hall–Kier alpha value is -0.510. The zero-order chi connectivity index (χ0) is 20.5. The van der Waals surface area contributed by atoms with Crippen LogP contribution in [0.4, 0.5) is 0 Å². The molecule has 166 valence electrons. The number of fused-ring (bicyclic) bond motifs is 1. The van der Waals surface area contributed by atoms with Crippen molar-refractivity contribution in [3.8, 4) is 6.07 Å². The SMILES string of the molecule is CCCCCCC1CCC(C2CCC3CC(C#N)(CCCCC)CCC3C2)CC1. The Morgan fingerprint density at radius 3 is 2.10 bits per heavy atom. The molecule has 4 unspecified atom stereocenters. The molecular weight excluding hydrogens is 350 g/mol. The lowest BCUT2D eigenvalue weighted by molar-refractivity contribution is 0.0377. The van der Waals surface area contributed by atoms with E-state index < -0.39 is 0 Å². The largest absolute Gasteiger partial charge is 0.198 e. The quantitative estimate of drug-likeness (QED) is 0.336. The molecule has 3 rings (SSSR count). The summed E-state index contributed by atoms with van der Waals surface area (Å²) in [6.07, 6.45) is 26.6. The molecule has 0 aliphatic heterocycles. The van der Waals surface area contributed by atoms with Crippen LogP contribution in [0.3, 0.4) is 0 Å². The molecule has 4 atom stereocenters. The maximum atomic E-state index is 9.95. The van der Waals surface area contributed by atoms with Crippen LogP contribution in [0.2, 0.25) is 0 Å². The smallest absolute Gasteiger partial charge is 0.0689 e. The summed E-state index contributed by atoms with van der Waals surface area (Å²) < 4.78 is 0. The van der Waals surface area contributed by atoms with Gasteiger partial charge in [0.25, 0.3) is 0 Å². The van der Waals surface area contributed by atoms with E-state index in [-0.39, 0.29) is 5.41 Å². The van der Waals surface area contributed by atoms with E-state index in [9.17, 15) is 5.26 Å².